The molecule has 1 N–H and O–H groups in total. The van der Waals surface area contributed by atoms with E-state index < -0.39 is 0 Å². The highest BCUT2D eigenvalue weighted by Crippen LogP contribution is 2.22. The number of piperidine rings is 1. The second-order valence-electron chi connectivity index (χ2n) is 4.26. The van der Waals surface area contributed by atoms with Crippen LogP contribution in [-0.4, -0.2) is 32.6 Å². The molecule has 0 bridgehead atoms. The van der Waals surface area contributed by atoms with Gasteiger partial charge in [0.1, 0.15) is 6.61 Å². The highest BCUT2D eigenvalue weighted by Gasteiger charge is 2.21. The van der Waals surface area contributed by atoms with E-state index in [1.807, 2.05) is 0 Å². The zero-order chi connectivity index (χ0) is 10.4. The Morgan fingerprint density at radius 2 is 2.43 bits per heavy atom. The van der Waals surface area contributed by atoms with Crippen LogP contribution in [0.25, 0.3) is 0 Å². The van der Waals surface area contributed by atoms with Crippen molar-refractivity contribution < 1.29 is 9.53 Å². The number of methoxy groups -OCH3 is 1. The van der Waals surface area contributed by atoms with Gasteiger partial charge in [-0.05, 0) is 37.8 Å². The number of nitrogens with one attached hydrogen (secondary N) is 1. The predicted molar refractivity (Wildman–Crippen MR) is 56.3 cm³/mol. The third-order valence-electron chi connectivity index (χ3n) is 2.99. The minimum absolute atomic E-state index is 0.227. The van der Waals surface area contributed by atoms with Crippen molar-refractivity contribution in [3.63, 3.8) is 0 Å². The van der Waals surface area contributed by atoms with Gasteiger partial charge in [-0.25, -0.2) is 0 Å². The molecule has 0 aliphatic carbocycles. The molecule has 1 aliphatic rings. The SMILES string of the molecule is COCC(=O)CC(C)C1CCCNC1. The van der Waals surface area contributed by atoms with Crippen LogP contribution in [0, 0.1) is 11.8 Å². The van der Waals surface area contributed by atoms with E-state index >= 15 is 0 Å². The van der Waals surface area contributed by atoms with Gasteiger partial charge in [-0.1, -0.05) is 6.92 Å². The van der Waals surface area contributed by atoms with Gasteiger partial charge in [0.2, 0.25) is 0 Å². The van der Waals surface area contributed by atoms with Crippen LogP contribution in [0.2, 0.25) is 0 Å². The van der Waals surface area contributed by atoms with Crippen LogP contribution in [0.5, 0.6) is 0 Å². The maximum atomic E-state index is 11.4. The summed E-state index contributed by atoms with van der Waals surface area (Å²) >= 11 is 0. The highest BCUT2D eigenvalue weighted by molar-refractivity contribution is 5.79. The van der Waals surface area contributed by atoms with E-state index in [1.165, 1.54) is 12.8 Å². The van der Waals surface area contributed by atoms with Gasteiger partial charge in [0.05, 0.1) is 0 Å². The van der Waals surface area contributed by atoms with Crippen LogP contribution in [-0.2, 0) is 9.53 Å². The Bertz CT molecular complexity index is 176. The van der Waals surface area contributed by atoms with E-state index in [-0.39, 0.29) is 12.4 Å². The maximum Gasteiger partial charge on any atom is 0.158 e. The minimum Gasteiger partial charge on any atom is -0.377 e. The van der Waals surface area contributed by atoms with Gasteiger partial charge in [0.25, 0.3) is 0 Å². The summed E-state index contributed by atoms with van der Waals surface area (Å²) < 4.78 is 4.83. The Balaban J connectivity index is 2.25. The molecular formula is C11H21NO2. The molecule has 1 rings (SSSR count). The second-order valence-corrected chi connectivity index (χ2v) is 4.26. The number of ketones is 1. The first kappa shape index (κ1) is 11.7. The van der Waals surface area contributed by atoms with Crippen LogP contribution in [0.3, 0.4) is 0 Å². The van der Waals surface area contributed by atoms with Gasteiger partial charge < -0.3 is 10.1 Å². The first-order chi connectivity index (χ1) is 6.74. The average Bonchev–Trinajstić information content (AvgIpc) is 2.19. The standard InChI is InChI=1S/C11H21NO2/c1-9(6-11(13)8-14-2)10-4-3-5-12-7-10/h9-10,12H,3-8H2,1-2H3. The molecule has 3 heteroatoms. The van der Waals surface area contributed by atoms with Crippen molar-refractivity contribution in [2.45, 2.75) is 26.2 Å². The Morgan fingerprint density at radius 1 is 1.64 bits per heavy atom. The molecule has 1 aliphatic heterocycles. The molecule has 3 nitrogen and oxygen atoms in total. The Kier molecular flexibility index (Phi) is 5.12. The summed E-state index contributed by atoms with van der Waals surface area (Å²) in [7, 11) is 1.57. The summed E-state index contributed by atoms with van der Waals surface area (Å²) in [5, 5.41) is 3.38. The molecule has 0 saturated carbocycles. The summed E-state index contributed by atoms with van der Waals surface area (Å²) in [4.78, 5) is 11.4. The topological polar surface area (TPSA) is 38.3 Å². The van der Waals surface area contributed by atoms with Gasteiger partial charge in [-0.3, -0.25) is 4.79 Å². The third-order valence-corrected chi connectivity index (χ3v) is 2.99. The molecule has 2 atom stereocenters. The minimum atomic E-state index is 0.227. The summed E-state index contributed by atoms with van der Waals surface area (Å²) in [5.74, 6) is 1.39. The van der Waals surface area contributed by atoms with Crippen molar-refractivity contribution in [3.8, 4) is 0 Å². The van der Waals surface area contributed by atoms with Gasteiger partial charge in [0.15, 0.2) is 5.78 Å². The van der Waals surface area contributed by atoms with E-state index in [1.54, 1.807) is 7.11 Å². The molecule has 0 aromatic heterocycles. The summed E-state index contributed by atoms with van der Waals surface area (Å²) in [6.45, 7) is 4.65. The molecule has 0 aromatic carbocycles. The molecule has 1 saturated heterocycles. The molecule has 0 spiro atoms. The van der Waals surface area contributed by atoms with E-state index in [9.17, 15) is 4.79 Å². The van der Waals surface area contributed by atoms with Crippen LogP contribution < -0.4 is 5.32 Å². The molecule has 2 unspecified atom stereocenters. The predicted octanol–water partition coefficient (Wildman–Crippen LogP) is 1.23. The molecule has 0 amide bonds. The monoisotopic (exact) mass is 199 g/mol. The van der Waals surface area contributed by atoms with Crippen LogP contribution in [0.15, 0.2) is 0 Å². The van der Waals surface area contributed by atoms with Crippen molar-refractivity contribution >= 4 is 5.78 Å². The van der Waals surface area contributed by atoms with E-state index in [0.29, 0.717) is 18.3 Å². The molecule has 1 heterocycles. The largest absolute Gasteiger partial charge is 0.377 e. The normalized spacial score (nSPS) is 24.6. The Morgan fingerprint density at radius 3 is 3.00 bits per heavy atom. The number of hydrogen-bond acceptors (Lipinski definition) is 3. The van der Waals surface area contributed by atoms with Crippen molar-refractivity contribution in [2.24, 2.45) is 11.8 Å². The van der Waals surface area contributed by atoms with Crippen molar-refractivity contribution in [1.29, 1.82) is 0 Å². The second kappa shape index (κ2) is 6.14. The van der Waals surface area contributed by atoms with Crippen LogP contribution >= 0.6 is 0 Å². The maximum absolute atomic E-state index is 11.4. The van der Waals surface area contributed by atoms with Crippen LogP contribution in [0.1, 0.15) is 26.2 Å². The smallest absolute Gasteiger partial charge is 0.158 e. The Labute approximate surface area is 86.2 Å². The number of carbonyl (C=O) groups excluding carboxylic acids is 1. The lowest BCUT2D eigenvalue weighted by Gasteiger charge is -2.27. The van der Waals surface area contributed by atoms with Crippen molar-refractivity contribution in [1.82, 2.24) is 5.32 Å². The molecule has 1 fully saturated rings. The lowest BCUT2D eigenvalue weighted by atomic mass is 9.84. The molecule has 0 radical (unpaired) electrons. The first-order valence-corrected chi connectivity index (χ1v) is 5.45. The first-order valence-electron chi connectivity index (χ1n) is 5.45. The van der Waals surface area contributed by atoms with Crippen molar-refractivity contribution in [2.75, 3.05) is 26.8 Å². The molecule has 14 heavy (non-hydrogen) atoms. The zero-order valence-electron chi connectivity index (χ0n) is 9.21. The van der Waals surface area contributed by atoms with Gasteiger partial charge in [0, 0.05) is 13.5 Å². The molecule has 82 valence electrons. The van der Waals surface area contributed by atoms with E-state index in [0.717, 1.165) is 13.1 Å². The molecule has 0 aromatic rings. The third kappa shape index (κ3) is 3.76. The number of Topliss-reactive ketones (excluding diaryl/α,β-unsaturated/α-hetero) is 1. The summed E-state index contributed by atoms with van der Waals surface area (Å²) in [6, 6.07) is 0. The van der Waals surface area contributed by atoms with E-state index in [2.05, 4.69) is 12.2 Å². The summed E-state index contributed by atoms with van der Waals surface area (Å²) in [6.07, 6.45) is 3.17. The van der Waals surface area contributed by atoms with Crippen LogP contribution in [0.4, 0.5) is 0 Å². The average molecular weight is 199 g/mol. The zero-order valence-corrected chi connectivity index (χ0v) is 9.21. The number of hydrogen-bond donors (Lipinski definition) is 1. The lowest BCUT2D eigenvalue weighted by Crippen LogP contribution is -2.34. The molecular weight excluding hydrogens is 178 g/mol. The van der Waals surface area contributed by atoms with Crippen molar-refractivity contribution in [3.05, 3.63) is 0 Å². The van der Waals surface area contributed by atoms with Gasteiger partial charge >= 0.3 is 0 Å². The van der Waals surface area contributed by atoms with Gasteiger partial charge in [-0.2, -0.15) is 0 Å². The quantitative estimate of drug-likeness (QED) is 0.723. The number of rotatable bonds is 5. The van der Waals surface area contributed by atoms with Gasteiger partial charge in [-0.15, -0.1) is 0 Å². The number of ether oxygens (including phenoxy) is 1. The Hall–Kier alpha value is -0.410. The number of carbonyl (C=O) groups is 1. The fourth-order valence-electron chi connectivity index (χ4n) is 2.11. The summed E-state index contributed by atoms with van der Waals surface area (Å²) in [5.41, 5.74) is 0. The fourth-order valence-corrected chi connectivity index (χ4v) is 2.11. The lowest BCUT2D eigenvalue weighted by molar-refractivity contribution is -0.123. The highest BCUT2D eigenvalue weighted by atomic mass is 16.5. The fraction of sp³-hybridized carbons (Fsp3) is 0.909. The van der Waals surface area contributed by atoms with E-state index in [4.69, 9.17) is 4.74 Å².